The Morgan fingerprint density at radius 2 is 2.14 bits per heavy atom. The lowest BCUT2D eigenvalue weighted by molar-refractivity contribution is 0.295. The minimum atomic E-state index is 0. The molecule has 21 heavy (non-hydrogen) atoms. The monoisotopic (exact) mass is 309 g/mol. The average molecular weight is 310 g/mol. The number of hydrogen-bond acceptors (Lipinski definition) is 5. The Morgan fingerprint density at radius 3 is 2.90 bits per heavy atom. The molecule has 1 fully saturated rings. The second-order valence-corrected chi connectivity index (χ2v) is 5.23. The smallest absolute Gasteiger partial charge is 0.230 e. The Labute approximate surface area is 130 Å². The van der Waals surface area contributed by atoms with Gasteiger partial charge in [-0.15, -0.1) is 12.4 Å². The highest BCUT2D eigenvalue weighted by atomic mass is 35.5. The van der Waals surface area contributed by atoms with Crippen LogP contribution in [0.5, 0.6) is 5.75 Å². The zero-order chi connectivity index (χ0) is 13.9. The van der Waals surface area contributed by atoms with E-state index in [2.05, 4.69) is 22.4 Å². The summed E-state index contributed by atoms with van der Waals surface area (Å²) in [4.78, 5) is 4.56. The van der Waals surface area contributed by atoms with Crippen molar-refractivity contribution in [2.75, 3.05) is 13.7 Å². The quantitative estimate of drug-likeness (QED) is 0.944. The van der Waals surface area contributed by atoms with Gasteiger partial charge in [0.05, 0.1) is 12.7 Å². The third kappa shape index (κ3) is 3.36. The molecule has 0 aliphatic carbocycles. The number of hydrogen-bond donors (Lipinski definition) is 1. The fourth-order valence-corrected chi connectivity index (χ4v) is 2.70. The molecule has 1 aliphatic rings. The van der Waals surface area contributed by atoms with E-state index in [-0.39, 0.29) is 12.4 Å². The largest absolute Gasteiger partial charge is 0.496 e. The summed E-state index contributed by atoms with van der Waals surface area (Å²) in [5.41, 5.74) is 0.868. The standard InChI is InChI=1S/C15H19N3O2.ClH/c1-10-9-11(7-8-16-10)15-17-14(18-20-15)12-5-3-4-6-13(12)19-2;/h3-6,10-11,16H,7-9H2,1-2H3;1H/t10-,11-;/m0./s1. The van der Waals surface area contributed by atoms with Gasteiger partial charge in [0.1, 0.15) is 5.75 Å². The van der Waals surface area contributed by atoms with E-state index in [1.54, 1.807) is 7.11 Å². The number of aromatic nitrogens is 2. The van der Waals surface area contributed by atoms with Crippen molar-refractivity contribution in [2.45, 2.75) is 31.7 Å². The summed E-state index contributed by atoms with van der Waals surface area (Å²) >= 11 is 0. The maximum absolute atomic E-state index is 5.46. The van der Waals surface area contributed by atoms with E-state index >= 15 is 0 Å². The van der Waals surface area contributed by atoms with Crippen LogP contribution in [0.25, 0.3) is 11.4 Å². The number of nitrogens with zero attached hydrogens (tertiary/aromatic N) is 2. The Kier molecular flexibility index (Phi) is 5.20. The van der Waals surface area contributed by atoms with Crippen molar-refractivity contribution in [3.8, 4) is 17.1 Å². The number of piperidine rings is 1. The molecule has 5 nitrogen and oxygen atoms in total. The van der Waals surface area contributed by atoms with Crippen LogP contribution in [0.1, 0.15) is 31.6 Å². The Morgan fingerprint density at radius 1 is 1.33 bits per heavy atom. The molecule has 3 rings (SSSR count). The first-order valence-electron chi connectivity index (χ1n) is 6.98. The molecule has 2 aromatic rings. The molecule has 114 valence electrons. The SMILES string of the molecule is COc1ccccc1-c1noc([C@H]2CCN[C@@H](C)C2)n1.Cl. The van der Waals surface area contributed by atoms with Crippen molar-refractivity contribution in [2.24, 2.45) is 0 Å². The summed E-state index contributed by atoms with van der Waals surface area (Å²) in [6.45, 7) is 3.18. The highest BCUT2D eigenvalue weighted by Crippen LogP contribution is 2.31. The molecule has 0 unspecified atom stereocenters. The average Bonchev–Trinajstić information content (AvgIpc) is 2.97. The zero-order valence-electron chi connectivity index (χ0n) is 12.2. The van der Waals surface area contributed by atoms with Gasteiger partial charge in [-0.05, 0) is 38.4 Å². The van der Waals surface area contributed by atoms with Crippen molar-refractivity contribution in [1.82, 2.24) is 15.5 Å². The topological polar surface area (TPSA) is 60.2 Å². The van der Waals surface area contributed by atoms with E-state index in [0.717, 1.165) is 36.6 Å². The van der Waals surface area contributed by atoms with Crippen LogP contribution in [0.15, 0.2) is 28.8 Å². The number of nitrogens with one attached hydrogen (secondary N) is 1. The summed E-state index contributed by atoms with van der Waals surface area (Å²) in [5, 5.41) is 7.54. The molecule has 1 aromatic carbocycles. The lowest BCUT2D eigenvalue weighted by Crippen LogP contribution is -2.34. The van der Waals surface area contributed by atoms with Crippen molar-refractivity contribution in [3.63, 3.8) is 0 Å². The summed E-state index contributed by atoms with van der Waals surface area (Å²) in [5.74, 6) is 2.45. The van der Waals surface area contributed by atoms with Gasteiger partial charge in [0, 0.05) is 12.0 Å². The van der Waals surface area contributed by atoms with Crippen LogP contribution in [-0.2, 0) is 0 Å². The fraction of sp³-hybridized carbons (Fsp3) is 0.467. The van der Waals surface area contributed by atoms with E-state index in [1.807, 2.05) is 24.3 Å². The number of ether oxygens (including phenoxy) is 1. The second kappa shape index (κ2) is 6.91. The van der Waals surface area contributed by atoms with Crippen LogP contribution in [0.4, 0.5) is 0 Å². The highest BCUT2D eigenvalue weighted by molar-refractivity contribution is 5.85. The Hall–Kier alpha value is -1.59. The molecule has 1 aliphatic heterocycles. The lowest BCUT2D eigenvalue weighted by Gasteiger charge is -2.25. The predicted octanol–water partition coefficient (Wildman–Crippen LogP) is 3.02. The lowest BCUT2D eigenvalue weighted by atomic mass is 9.93. The molecular formula is C15H20ClN3O2. The van der Waals surface area contributed by atoms with Gasteiger partial charge in [0.2, 0.25) is 11.7 Å². The molecule has 0 spiro atoms. The van der Waals surface area contributed by atoms with Crippen LogP contribution in [-0.4, -0.2) is 29.8 Å². The van der Waals surface area contributed by atoms with E-state index in [9.17, 15) is 0 Å². The predicted molar refractivity (Wildman–Crippen MR) is 83.0 cm³/mol. The highest BCUT2D eigenvalue weighted by Gasteiger charge is 2.25. The number of methoxy groups -OCH3 is 1. The Bertz CT molecular complexity index is 588. The molecule has 0 radical (unpaired) electrons. The van der Waals surface area contributed by atoms with Crippen molar-refractivity contribution < 1.29 is 9.26 Å². The summed E-state index contributed by atoms with van der Waals surface area (Å²) in [7, 11) is 1.65. The zero-order valence-corrected chi connectivity index (χ0v) is 13.0. The van der Waals surface area contributed by atoms with Gasteiger partial charge in [-0.25, -0.2) is 0 Å². The molecule has 1 N–H and O–H groups in total. The normalized spacial score (nSPS) is 21.6. The van der Waals surface area contributed by atoms with Crippen LogP contribution in [0.3, 0.4) is 0 Å². The molecular weight excluding hydrogens is 290 g/mol. The maximum atomic E-state index is 5.46. The minimum absolute atomic E-state index is 0. The van der Waals surface area contributed by atoms with Crippen LogP contribution in [0, 0.1) is 0 Å². The van der Waals surface area contributed by atoms with Gasteiger partial charge in [0.15, 0.2) is 0 Å². The summed E-state index contributed by atoms with van der Waals surface area (Å²) < 4.78 is 10.8. The second-order valence-electron chi connectivity index (χ2n) is 5.23. The molecule has 0 amide bonds. The molecule has 1 saturated heterocycles. The van der Waals surface area contributed by atoms with Gasteiger partial charge in [0.25, 0.3) is 0 Å². The Balaban J connectivity index is 0.00000161. The van der Waals surface area contributed by atoms with Gasteiger partial charge < -0.3 is 14.6 Å². The van der Waals surface area contributed by atoms with Gasteiger partial charge in [-0.1, -0.05) is 17.3 Å². The third-order valence-electron chi connectivity index (χ3n) is 3.76. The number of benzene rings is 1. The van der Waals surface area contributed by atoms with Crippen LogP contribution in [0.2, 0.25) is 0 Å². The van der Waals surface area contributed by atoms with Crippen molar-refractivity contribution in [1.29, 1.82) is 0 Å². The molecule has 0 bridgehead atoms. The molecule has 1 aromatic heterocycles. The van der Waals surface area contributed by atoms with E-state index in [4.69, 9.17) is 9.26 Å². The maximum Gasteiger partial charge on any atom is 0.230 e. The van der Waals surface area contributed by atoms with Crippen LogP contribution >= 0.6 is 12.4 Å². The van der Waals surface area contributed by atoms with Crippen molar-refractivity contribution >= 4 is 12.4 Å². The number of halogens is 1. The van der Waals surface area contributed by atoms with Gasteiger partial charge >= 0.3 is 0 Å². The van der Waals surface area contributed by atoms with Gasteiger partial charge in [-0.2, -0.15) is 4.98 Å². The first-order valence-corrected chi connectivity index (χ1v) is 6.98. The third-order valence-corrected chi connectivity index (χ3v) is 3.76. The molecule has 0 saturated carbocycles. The molecule has 2 atom stereocenters. The van der Waals surface area contributed by atoms with Gasteiger partial charge in [-0.3, -0.25) is 0 Å². The number of rotatable bonds is 3. The first kappa shape index (κ1) is 15.8. The van der Waals surface area contributed by atoms with E-state index < -0.39 is 0 Å². The summed E-state index contributed by atoms with van der Waals surface area (Å²) in [6, 6.07) is 8.21. The minimum Gasteiger partial charge on any atom is -0.496 e. The van der Waals surface area contributed by atoms with Crippen molar-refractivity contribution in [3.05, 3.63) is 30.2 Å². The summed E-state index contributed by atoms with van der Waals surface area (Å²) in [6.07, 6.45) is 2.07. The first-order chi connectivity index (χ1) is 9.78. The fourth-order valence-electron chi connectivity index (χ4n) is 2.70. The van der Waals surface area contributed by atoms with Crippen LogP contribution < -0.4 is 10.1 Å². The number of para-hydroxylation sites is 1. The molecule has 6 heteroatoms. The molecule has 2 heterocycles. The van der Waals surface area contributed by atoms with E-state index in [0.29, 0.717) is 17.8 Å². The van der Waals surface area contributed by atoms with E-state index in [1.165, 1.54) is 0 Å².